The van der Waals surface area contributed by atoms with Crippen molar-refractivity contribution >= 4 is 8.32 Å². The fourth-order valence-corrected chi connectivity index (χ4v) is 4.14. The second-order valence-corrected chi connectivity index (χ2v) is 10.8. The molecule has 1 aromatic rings. The van der Waals surface area contributed by atoms with Gasteiger partial charge < -0.3 is 4.43 Å². The van der Waals surface area contributed by atoms with E-state index in [0.29, 0.717) is 0 Å². The third-order valence-electron chi connectivity index (χ3n) is 3.57. The average Bonchev–Trinajstić information content (AvgIpc) is 2.23. The number of benzene rings is 1. The lowest BCUT2D eigenvalue weighted by Crippen LogP contribution is -2.49. The third-order valence-corrected chi connectivity index (χ3v) is 4.57. The highest BCUT2D eigenvalue weighted by Gasteiger charge is 2.43. The van der Waals surface area contributed by atoms with Crippen LogP contribution in [0.5, 0.6) is 0 Å². The van der Waals surface area contributed by atoms with Crippen LogP contribution in [0.4, 0.5) is 0 Å². The van der Waals surface area contributed by atoms with Gasteiger partial charge in [-0.25, -0.2) is 0 Å². The lowest BCUT2D eigenvalue weighted by Gasteiger charge is -2.47. The first-order valence-electron chi connectivity index (χ1n) is 6.84. The van der Waals surface area contributed by atoms with Gasteiger partial charge in [-0.05, 0) is 56.5 Å². The van der Waals surface area contributed by atoms with E-state index in [4.69, 9.17) is 4.43 Å². The minimum absolute atomic E-state index is 0.0136. The molecule has 0 saturated heterocycles. The van der Waals surface area contributed by atoms with Crippen molar-refractivity contribution in [2.45, 2.75) is 50.9 Å². The first kappa shape index (κ1) is 13.6. The Kier molecular flexibility index (Phi) is 3.78. The molecule has 0 heterocycles. The minimum Gasteiger partial charge on any atom is -0.408 e. The molecular formula is C16H24OSi. The Hall–Kier alpha value is -0.863. The van der Waals surface area contributed by atoms with E-state index in [2.05, 4.69) is 56.6 Å². The molecule has 0 amide bonds. The van der Waals surface area contributed by atoms with Crippen LogP contribution in [0, 0.1) is 0 Å². The van der Waals surface area contributed by atoms with Crippen molar-refractivity contribution < 1.29 is 4.43 Å². The van der Waals surface area contributed by atoms with Crippen LogP contribution in [-0.4, -0.2) is 13.9 Å². The van der Waals surface area contributed by atoms with Crippen molar-refractivity contribution in [2.75, 3.05) is 0 Å². The van der Waals surface area contributed by atoms with Crippen molar-refractivity contribution in [3.63, 3.8) is 0 Å². The normalized spacial score (nSPS) is 18.2. The van der Waals surface area contributed by atoms with Crippen LogP contribution >= 0.6 is 0 Å². The molecule has 0 bridgehead atoms. The number of rotatable bonds is 5. The summed E-state index contributed by atoms with van der Waals surface area (Å²) in [6, 6.07) is 10.6. The van der Waals surface area contributed by atoms with Gasteiger partial charge in [0.25, 0.3) is 0 Å². The van der Waals surface area contributed by atoms with Crippen LogP contribution in [0.1, 0.15) is 24.8 Å². The molecule has 2 heteroatoms. The van der Waals surface area contributed by atoms with E-state index in [1.54, 1.807) is 0 Å². The molecule has 18 heavy (non-hydrogen) atoms. The summed E-state index contributed by atoms with van der Waals surface area (Å²) < 4.78 is 6.43. The minimum atomic E-state index is -1.50. The zero-order valence-corrected chi connectivity index (χ0v) is 12.8. The summed E-state index contributed by atoms with van der Waals surface area (Å²) in [6.45, 7) is 11.1. The highest BCUT2D eigenvalue weighted by molar-refractivity contribution is 6.69. The van der Waals surface area contributed by atoms with Crippen molar-refractivity contribution in [3.05, 3.63) is 48.0 Å². The molecule has 1 aliphatic carbocycles. The van der Waals surface area contributed by atoms with Crippen LogP contribution in [0.3, 0.4) is 0 Å². The Morgan fingerprint density at radius 3 is 2.28 bits per heavy atom. The van der Waals surface area contributed by atoms with E-state index in [-0.39, 0.29) is 5.60 Å². The summed E-state index contributed by atoms with van der Waals surface area (Å²) in [7, 11) is -1.50. The quantitative estimate of drug-likeness (QED) is 0.557. The molecule has 0 aliphatic heterocycles. The molecule has 1 nitrogen and oxygen atoms in total. The van der Waals surface area contributed by atoms with Crippen LogP contribution < -0.4 is 0 Å². The third kappa shape index (κ3) is 3.12. The maximum absolute atomic E-state index is 6.43. The maximum atomic E-state index is 6.43. The average molecular weight is 260 g/mol. The standard InChI is InChI=1S/C16H24OSi/c1-14(13-15-9-6-5-7-10-15)16(11-8-12-16)17-18(2,3)4/h5-7,9-10H,1,8,11-13H2,2-4H3. The zero-order valence-electron chi connectivity index (χ0n) is 11.8. The van der Waals surface area contributed by atoms with Gasteiger partial charge in [-0.3, -0.25) is 0 Å². The fourth-order valence-electron chi connectivity index (χ4n) is 2.62. The summed E-state index contributed by atoms with van der Waals surface area (Å²) in [4.78, 5) is 0. The molecule has 1 saturated carbocycles. The van der Waals surface area contributed by atoms with Crippen LogP contribution in [0.25, 0.3) is 0 Å². The van der Waals surface area contributed by atoms with Gasteiger partial charge in [-0.2, -0.15) is 0 Å². The largest absolute Gasteiger partial charge is 0.408 e. The molecule has 0 radical (unpaired) electrons. The Morgan fingerprint density at radius 2 is 1.83 bits per heavy atom. The molecule has 0 unspecified atom stereocenters. The van der Waals surface area contributed by atoms with Gasteiger partial charge in [-0.1, -0.05) is 36.9 Å². The topological polar surface area (TPSA) is 9.23 Å². The second kappa shape index (κ2) is 5.02. The Labute approximate surface area is 112 Å². The van der Waals surface area contributed by atoms with Crippen molar-refractivity contribution in [3.8, 4) is 0 Å². The Balaban J connectivity index is 2.07. The second-order valence-electron chi connectivity index (χ2n) is 6.33. The molecule has 0 spiro atoms. The first-order valence-corrected chi connectivity index (χ1v) is 10.2. The summed E-state index contributed by atoms with van der Waals surface area (Å²) in [6.07, 6.45) is 4.54. The Bertz CT molecular complexity index is 412. The molecule has 0 atom stereocenters. The highest BCUT2D eigenvalue weighted by Crippen LogP contribution is 2.44. The van der Waals surface area contributed by atoms with Gasteiger partial charge in [0.15, 0.2) is 8.32 Å². The summed E-state index contributed by atoms with van der Waals surface area (Å²) in [5.41, 5.74) is 2.59. The fraction of sp³-hybridized carbons (Fsp3) is 0.500. The van der Waals surface area contributed by atoms with Gasteiger partial charge >= 0.3 is 0 Å². The van der Waals surface area contributed by atoms with Gasteiger partial charge in [0.05, 0.1) is 5.60 Å². The summed E-state index contributed by atoms with van der Waals surface area (Å²) in [5, 5.41) is 0. The molecule has 98 valence electrons. The van der Waals surface area contributed by atoms with Crippen LogP contribution in [0.15, 0.2) is 42.5 Å². The van der Waals surface area contributed by atoms with Gasteiger partial charge in [0, 0.05) is 0 Å². The van der Waals surface area contributed by atoms with Crippen molar-refractivity contribution in [1.29, 1.82) is 0 Å². The number of hydrogen-bond acceptors (Lipinski definition) is 1. The lowest BCUT2D eigenvalue weighted by molar-refractivity contribution is 0.0194. The predicted octanol–water partition coefficient (Wildman–Crippen LogP) is 4.56. The molecule has 0 aromatic heterocycles. The van der Waals surface area contributed by atoms with E-state index in [9.17, 15) is 0 Å². The van der Waals surface area contributed by atoms with Crippen LogP contribution in [0.2, 0.25) is 19.6 Å². The van der Waals surface area contributed by atoms with Crippen LogP contribution in [-0.2, 0) is 10.8 Å². The van der Waals surface area contributed by atoms with Crippen molar-refractivity contribution in [1.82, 2.24) is 0 Å². The van der Waals surface area contributed by atoms with Gasteiger partial charge in [-0.15, -0.1) is 0 Å². The monoisotopic (exact) mass is 260 g/mol. The molecule has 1 aromatic carbocycles. The molecule has 2 rings (SSSR count). The molecule has 0 N–H and O–H groups in total. The van der Waals surface area contributed by atoms with Gasteiger partial charge in [0.1, 0.15) is 0 Å². The SMILES string of the molecule is C=C(Cc1ccccc1)C1(O[Si](C)(C)C)CCC1. The first-order chi connectivity index (χ1) is 8.41. The predicted molar refractivity (Wildman–Crippen MR) is 80.3 cm³/mol. The van der Waals surface area contributed by atoms with E-state index in [1.807, 2.05) is 0 Å². The molecule has 1 fully saturated rings. The Morgan fingerprint density at radius 1 is 1.22 bits per heavy atom. The zero-order chi connectivity index (χ0) is 13.2. The molecular weight excluding hydrogens is 236 g/mol. The van der Waals surface area contributed by atoms with E-state index in [1.165, 1.54) is 17.6 Å². The summed E-state index contributed by atoms with van der Waals surface area (Å²) >= 11 is 0. The van der Waals surface area contributed by atoms with Crippen molar-refractivity contribution in [2.24, 2.45) is 0 Å². The summed E-state index contributed by atoms with van der Waals surface area (Å²) in [5.74, 6) is 0. The molecule has 1 aliphatic rings. The maximum Gasteiger partial charge on any atom is 0.184 e. The smallest absolute Gasteiger partial charge is 0.184 e. The number of hydrogen-bond donors (Lipinski definition) is 0. The van der Waals surface area contributed by atoms with E-state index >= 15 is 0 Å². The van der Waals surface area contributed by atoms with Gasteiger partial charge in [0.2, 0.25) is 0 Å². The highest BCUT2D eigenvalue weighted by atomic mass is 28.4. The van der Waals surface area contributed by atoms with E-state index < -0.39 is 8.32 Å². The van der Waals surface area contributed by atoms with E-state index in [0.717, 1.165) is 19.3 Å². The lowest BCUT2D eigenvalue weighted by atomic mass is 9.73.